The Bertz CT molecular complexity index is 322. The molecule has 1 aromatic heterocycles. The summed E-state index contributed by atoms with van der Waals surface area (Å²) in [5.41, 5.74) is 11.3. The lowest BCUT2D eigenvalue weighted by Crippen LogP contribution is -2.14. The first kappa shape index (κ1) is 10.2. The molecule has 82 valence electrons. The molecular weight excluding hydrogens is 188 g/mol. The Morgan fingerprint density at radius 2 is 1.60 bits per heavy atom. The van der Waals surface area contributed by atoms with Crippen LogP contribution in [0.15, 0.2) is 6.07 Å². The molecular formula is C11H18N4. The molecule has 1 saturated carbocycles. The van der Waals surface area contributed by atoms with E-state index in [1.807, 2.05) is 0 Å². The minimum Gasteiger partial charge on any atom is -0.384 e. The summed E-state index contributed by atoms with van der Waals surface area (Å²) >= 11 is 0. The first-order valence-corrected chi connectivity index (χ1v) is 5.55. The van der Waals surface area contributed by atoms with Gasteiger partial charge in [-0.3, -0.25) is 0 Å². The van der Waals surface area contributed by atoms with E-state index in [2.05, 4.69) is 16.9 Å². The molecule has 0 radical (unpaired) electrons. The Hall–Kier alpha value is -1.32. The lowest BCUT2D eigenvalue weighted by atomic mass is 9.82. The minimum absolute atomic E-state index is 0.451. The van der Waals surface area contributed by atoms with E-state index >= 15 is 0 Å². The summed E-state index contributed by atoms with van der Waals surface area (Å²) < 4.78 is 0. The molecule has 4 N–H and O–H groups in total. The van der Waals surface area contributed by atoms with Crippen molar-refractivity contribution in [2.75, 3.05) is 11.5 Å². The molecule has 0 saturated heterocycles. The summed E-state index contributed by atoms with van der Waals surface area (Å²) in [5, 5.41) is 0. The van der Waals surface area contributed by atoms with Gasteiger partial charge in [0.1, 0.15) is 17.5 Å². The standard InChI is InChI=1S/C11H18N4/c1-7-2-4-8(5-3-7)11-14-9(12)6-10(13)15-11/h6-8H,2-5H2,1H3,(H4,12,13,14,15). The molecule has 1 heterocycles. The van der Waals surface area contributed by atoms with Crippen molar-refractivity contribution in [3.63, 3.8) is 0 Å². The molecule has 15 heavy (non-hydrogen) atoms. The highest BCUT2D eigenvalue weighted by Gasteiger charge is 2.22. The predicted octanol–water partition coefficient (Wildman–Crippen LogP) is 1.93. The highest BCUT2D eigenvalue weighted by atomic mass is 15.0. The quantitative estimate of drug-likeness (QED) is 0.736. The van der Waals surface area contributed by atoms with E-state index < -0.39 is 0 Å². The van der Waals surface area contributed by atoms with Gasteiger partial charge in [0.05, 0.1) is 0 Å². The van der Waals surface area contributed by atoms with Crippen molar-refractivity contribution in [1.82, 2.24) is 9.97 Å². The van der Waals surface area contributed by atoms with Gasteiger partial charge in [-0.2, -0.15) is 0 Å². The molecule has 0 aliphatic heterocycles. The third kappa shape index (κ3) is 2.37. The Labute approximate surface area is 90.1 Å². The van der Waals surface area contributed by atoms with Gasteiger partial charge in [0.15, 0.2) is 0 Å². The van der Waals surface area contributed by atoms with Gasteiger partial charge in [0.25, 0.3) is 0 Å². The van der Waals surface area contributed by atoms with Crippen LogP contribution in [0.3, 0.4) is 0 Å². The third-order valence-corrected chi connectivity index (χ3v) is 3.16. The molecule has 4 heteroatoms. The molecule has 2 rings (SSSR count). The van der Waals surface area contributed by atoms with Gasteiger partial charge in [0, 0.05) is 12.0 Å². The van der Waals surface area contributed by atoms with Crippen molar-refractivity contribution in [2.24, 2.45) is 5.92 Å². The van der Waals surface area contributed by atoms with Crippen LogP contribution < -0.4 is 11.5 Å². The fourth-order valence-corrected chi connectivity index (χ4v) is 2.21. The van der Waals surface area contributed by atoms with Crippen molar-refractivity contribution < 1.29 is 0 Å². The van der Waals surface area contributed by atoms with Crippen molar-refractivity contribution in [1.29, 1.82) is 0 Å². The van der Waals surface area contributed by atoms with Crippen LogP contribution in [-0.2, 0) is 0 Å². The second-order valence-electron chi connectivity index (χ2n) is 4.53. The predicted molar refractivity (Wildman–Crippen MR) is 61.2 cm³/mol. The van der Waals surface area contributed by atoms with Gasteiger partial charge in [-0.05, 0) is 18.8 Å². The van der Waals surface area contributed by atoms with E-state index in [9.17, 15) is 0 Å². The summed E-state index contributed by atoms with van der Waals surface area (Å²) in [6.07, 6.45) is 4.82. The number of anilines is 2. The second kappa shape index (κ2) is 4.04. The fraction of sp³-hybridized carbons (Fsp3) is 0.636. The molecule has 0 amide bonds. The molecule has 1 aliphatic rings. The number of hydrogen-bond donors (Lipinski definition) is 2. The molecule has 0 unspecified atom stereocenters. The SMILES string of the molecule is CC1CCC(c2nc(N)cc(N)n2)CC1. The van der Waals surface area contributed by atoms with Gasteiger partial charge < -0.3 is 11.5 Å². The zero-order valence-electron chi connectivity index (χ0n) is 9.11. The molecule has 0 spiro atoms. The van der Waals surface area contributed by atoms with Crippen molar-refractivity contribution in [3.8, 4) is 0 Å². The zero-order chi connectivity index (χ0) is 10.8. The van der Waals surface area contributed by atoms with Gasteiger partial charge in [-0.25, -0.2) is 9.97 Å². The van der Waals surface area contributed by atoms with E-state index in [0.29, 0.717) is 17.6 Å². The number of aromatic nitrogens is 2. The summed E-state index contributed by atoms with van der Waals surface area (Å²) in [6.45, 7) is 2.30. The third-order valence-electron chi connectivity index (χ3n) is 3.16. The maximum absolute atomic E-state index is 5.66. The van der Waals surface area contributed by atoms with Gasteiger partial charge in [-0.15, -0.1) is 0 Å². The lowest BCUT2D eigenvalue weighted by molar-refractivity contribution is 0.340. The first-order chi connectivity index (χ1) is 7.15. The van der Waals surface area contributed by atoms with Gasteiger partial charge >= 0.3 is 0 Å². The van der Waals surface area contributed by atoms with Crippen molar-refractivity contribution in [3.05, 3.63) is 11.9 Å². The topological polar surface area (TPSA) is 77.8 Å². The smallest absolute Gasteiger partial charge is 0.136 e. The molecule has 1 aliphatic carbocycles. The van der Waals surface area contributed by atoms with Crippen LogP contribution in [-0.4, -0.2) is 9.97 Å². The first-order valence-electron chi connectivity index (χ1n) is 5.55. The van der Waals surface area contributed by atoms with Gasteiger partial charge in [0.2, 0.25) is 0 Å². The molecule has 4 nitrogen and oxygen atoms in total. The number of hydrogen-bond acceptors (Lipinski definition) is 4. The summed E-state index contributed by atoms with van der Waals surface area (Å²) in [4.78, 5) is 8.54. The summed E-state index contributed by atoms with van der Waals surface area (Å²) in [7, 11) is 0. The number of nitrogen functional groups attached to an aromatic ring is 2. The van der Waals surface area contributed by atoms with E-state index in [4.69, 9.17) is 11.5 Å². The normalized spacial score (nSPS) is 26.5. The second-order valence-corrected chi connectivity index (χ2v) is 4.53. The van der Waals surface area contributed by atoms with Crippen LogP contribution in [0.2, 0.25) is 0 Å². The number of rotatable bonds is 1. The maximum Gasteiger partial charge on any atom is 0.136 e. The van der Waals surface area contributed by atoms with E-state index in [1.165, 1.54) is 12.8 Å². The lowest BCUT2D eigenvalue weighted by Gasteiger charge is -2.25. The van der Waals surface area contributed by atoms with E-state index in [-0.39, 0.29) is 0 Å². The Balaban J connectivity index is 2.15. The highest BCUT2D eigenvalue weighted by Crippen LogP contribution is 2.34. The van der Waals surface area contributed by atoms with Crippen LogP contribution in [0.1, 0.15) is 44.3 Å². The minimum atomic E-state index is 0.451. The summed E-state index contributed by atoms with van der Waals surface area (Å²) in [6, 6.07) is 1.61. The Kier molecular flexibility index (Phi) is 2.75. The van der Waals surface area contributed by atoms with Crippen molar-refractivity contribution >= 4 is 11.6 Å². The molecule has 0 bridgehead atoms. The monoisotopic (exact) mass is 206 g/mol. The Morgan fingerprint density at radius 3 is 2.13 bits per heavy atom. The zero-order valence-corrected chi connectivity index (χ0v) is 9.11. The molecule has 0 aromatic carbocycles. The highest BCUT2D eigenvalue weighted by molar-refractivity contribution is 5.41. The van der Waals surface area contributed by atoms with Crippen LogP contribution in [0.5, 0.6) is 0 Å². The van der Waals surface area contributed by atoms with Crippen LogP contribution in [0, 0.1) is 5.92 Å². The fourth-order valence-electron chi connectivity index (χ4n) is 2.21. The average Bonchev–Trinajstić information content (AvgIpc) is 2.17. The molecule has 1 aromatic rings. The Morgan fingerprint density at radius 1 is 1.07 bits per heavy atom. The molecule has 1 fully saturated rings. The number of nitrogens with zero attached hydrogens (tertiary/aromatic N) is 2. The largest absolute Gasteiger partial charge is 0.384 e. The van der Waals surface area contributed by atoms with E-state index in [1.54, 1.807) is 6.07 Å². The van der Waals surface area contributed by atoms with E-state index in [0.717, 1.165) is 24.6 Å². The van der Waals surface area contributed by atoms with Crippen LogP contribution in [0.25, 0.3) is 0 Å². The molecule has 0 atom stereocenters. The number of nitrogens with two attached hydrogens (primary N) is 2. The maximum atomic E-state index is 5.66. The van der Waals surface area contributed by atoms with Crippen molar-refractivity contribution in [2.45, 2.75) is 38.5 Å². The average molecular weight is 206 g/mol. The van der Waals surface area contributed by atoms with Crippen LogP contribution >= 0.6 is 0 Å². The summed E-state index contributed by atoms with van der Waals surface area (Å²) in [5.74, 6) is 3.08. The van der Waals surface area contributed by atoms with Crippen LogP contribution in [0.4, 0.5) is 11.6 Å². The van der Waals surface area contributed by atoms with Gasteiger partial charge in [-0.1, -0.05) is 19.8 Å².